The number of hydrogen-bond donors (Lipinski definition) is 2. The van der Waals surface area contributed by atoms with E-state index in [9.17, 15) is 4.79 Å². The summed E-state index contributed by atoms with van der Waals surface area (Å²) in [5, 5.41) is 2.83. The van der Waals surface area contributed by atoms with Crippen LogP contribution in [0.5, 0.6) is 0 Å². The zero-order chi connectivity index (χ0) is 13.5. The lowest BCUT2D eigenvalue weighted by molar-refractivity contribution is -0.126. The Hall–Kier alpha value is -0.650. The highest BCUT2D eigenvalue weighted by molar-refractivity contribution is 5.81. The summed E-state index contributed by atoms with van der Waals surface area (Å²) in [4.78, 5) is 13.8. The van der Waals surface area contributed by atoms with Gasteiger partial charge in [-0.3, -0.25) is 9.69 Å². The van der Waals surface area contributed by atoms with Crippen LogP contribution in [0.15, 0.2) is 0 Å². The van der Waals surface area contributed by atoms with E-state index in [4.69, 9.17) is 10.5 Å². The first-order valence-electron chi connectivity index (χ1n) is 6.01. The molecule has 0 spiro atoms. The van der Waals surface area contributed by atoms with Crippen LogP contribution in [0.25, 0.3) is 0 Å². The largest absolute Gasteiger partial charge is 0.383 e. The molecule has 0 aromatic carbocycles. The summed E-state index contributed by atoms with van der Waals surface area (Å²) in [5.41, 5.74) is 5.71. The van der Waals surface area contributed by atoms with E-state index in [2.05, 4.69) is 19.2 Å². The van der Waals surface area contributed by atoms with Gasteiger partial charge in [-0.05, 0) is 25.9 Å². The number of carbonyl (C=O) groups is 1. The van der Waals surface area contributed by atoms with Gasteiger partial charge in [-0.15, -0.1) is 0 Å². The molecule has 0 aromatic rings. The van der Waals surface area contributed by atoms with Gasteiger partial charge in [-0.25, -0.2) is 0 Å². The summed E-state index contributed by atoms with van der Waals surface area (Å²) >= 11 is 0. The summed E-state index contributed by atoms with van der Waals surface area (Å²) < 4.78 is 4.89. The zero-order valence-electron chi connectivity index (χ0n) is 11.7. The molecule has 1 unspecified atom stereocenters. The van der Waals surface area contributed by atoms with Gasteiger partial charge in [0.1, 0.15) is 0 Å². The molecule has 1 atom stereocenters. The number of ether oxygens (including phenoxy) is 1. The number of nitrogens with zero attached hydrogens (tertiary/aromatic N) is 1. The molecule has 0 heterocycles. The van der Waals surface area contributed by atoms with Crippen LogP contribution in [0.3, 0.4) is 0 Å². The van der Waals surface area contributed by atoms with Crippen LogP contribution < -0.4 is 11.1 Å². The SMILES string of the molecule is COCCNC(=O)C(C)N(C)CC(C)(C)CN. The first kappa shape index (κ1) is 16.4. The van der Waals surface area contributed by atoms with Crippen molar-refractivity contribution in [2.75, 3.05) is 40.4 Å². The van der Waals surface area contributed by atoms with Crippen LogP contribution in [0.2, 0.25) is 0 Å². The first-order valence-corrected chi connectivity index (χ1v) is 6.01. The van der Waals surface area contributed by atoms with Crippen molar-refractivity contribution >= 4 is 5.91 Å². The molecular weight excluding hydrogens is 218 g/mol. The number of methoxy groups -OCH3 is 1. The Bertz CT molecular complexity index is 232. The molecule has 0 fully saturated rings. The molecule has 0 bridgehead atoms. The lowest BCUT2D eigenvalue weighted by Crippen LogP contribution is -2.48. The van der Waals surface area contributed by atoms with Gasteiger partial charge in [0.15, 0.2) is 0 Å². The van der Waals surface area contributed by atoms with Gasteiger partial charge in [0.05, 0.1) is 12.6 Å². The number of hydrogen-bond acceptors (Lipinski definition) is 4. The molecule has 0 rings (SSSR count). The highest BCUT2D eigenvalue weighted by atomic mass is 16.5. The third-order valence-electron chi connectivity index (χ3n) is 2.88. The second-order valence-electron chi connectivity index (χ2n) is 5.24. The summed E-state index contributed by atoms with van der Waals surface area (Å²) in [6, 6.07) is -0.155. The molecule has 102 valence electrons. The van der Waals surface area contributed by atoms with Gasteiger partial charge in [0.25, 0.3) is 0 Å². The third-order valence-corrected chi connectivity index (χ3v) is 2.88. The van der Waals surface area contributed by atoms with Crippen LogP contribution in [-0.2, 0) is 9.53 Å². The molecule has 0 saturated carbocycles. The highest BCUT2D eigenvalue weighted by Gasteiger charge is 2.24. The fraction of sp³-hybridized carbons (Fsp3) is 0.917. The molecular formula is C12H27N3O2. The highest BCUT2D eigenvalue weighted by Crippen LogP contribution is 2.15. The second-order valence-corrected chi connectivity index (χ2v) is 5.24. The number of carbonyl (C=O) groups excluding carboxylic acids is 1. The Morgan fingerprint density at radius 3 is 2.59 bits per heavy atom. The van der Waals surface area contributed by atoms with Crippen molar-refractivity contribution in [1.82, 2.24) is 10.2 Å². The Labute approximate surface area is 105 Å². The van der Waals surface area contributed by atoms with Crippen LogP contribution in [-0.4, -0.2) is 57.2 Å². The Kier molecular flexibility index (Phi) is 7.34. The predicted molar refractivity (Wildman–Crippen MR) is 69.8 cm³/mol. The molecule has 3 N–H and O–H groups in total. The van der Waals surface area contributed by atoms with E-state index in [0.29, 0.717) is 19.7 Å². The molecule has 0 aliphatic heterocycles. The standard InChI is InChI=1S/C12H27N3O2/c1-10(11(16)14-6-7-17-5)15(4)9-12(2,3)8-13/h10H,6-9,13H2,1-5H3,(H,14,16). The first-order chi connectivity index (χ1) is 7.84. The van der Waals surface area contributed by atoms with Crippen molar-refractivity contribution < 1.29 is 9.53 Å². The monoisotopic (exact) mass is 245 g/mol. The van der Waals surface area contributed by atoms with E-state index < -0.39 is 0 Å². The number of rotatable bonds is 8. The van der Waals surface area contributed by atoms with Crippen LogP contribution in [0.4, 0.5) is 0 Å². The van der Waals surface area contributed by atoms with Crippen molar-refractivity contribution in [3.8, 4) is 0 Å². The molecule has 0 aliphatic rings. The zero-order valence-corrected chi connectivity index (χ0v) is 11.7. The molecule has 1 amide bonds. The maximum Gasteiger partial charge on any atom is 0.237 e. The van der Waals surface area contributed by atoms with E-state index in [1.165, 1.54) is 0 Å². The minimum atomic E-state index is -0.155. The fourth-order valence-corrected chi connectivity index (χ4v) is 1.50. The summed E-state index contributed by atoms with van der Waals surface area (Å²) in [6.45, 7) is 8.58. The van der Waals surface area contributed by atoms with Crippen molar-refractivity contribution in [2.24, 2.45) is 11.1 Å². The van der Waals surface area contributed by atoms with E-state index in [1.807, 2.05) is 18.9 Å². The van der Waals surface area contributed by atoms with Gasteiger partial charge in [0, 0.05) is 20.2 Å². The Morgan fingerprint density at radius 2 is 2.12 bits per heavy atom. The van der Waals surface area contributed by atoms with Crippen molar-refractivity contribution in [3.05, 3.63) is 0 Å². The van der Waals surface area contributed by atoms with Gasteiger partial charge in [0.2, 0.25) is 5.91 Å². The van der Waals surface area contributed by atoms with E-state index in [0.717, 1.165) is 6.54 Å². The van der Waals surface area contributed by atoms with E-state index in [1.54, 1.807) is 7.11 Å². The lowest BCUT2D eigenvalue weighted by Gasteiger charge is -2.32. The predicted octanol–water partition coefficient (Wildman–Crippen LogP) is 0.0542. The molecule has 0 saturated heterocycles. The maximum absolute atomic E-state index is 11.8. The Morgan fingerprint density at radius 1 is 1.53 bits per heavy atom. The smallest absolute Gasteiger partial charge is 0.237 e. The average Bonchev–Trinajstić information content (AvgIpc) is 2.27. The van der Waals surface area contributed by atoms with Crippen LogP contribution >= 0.6 is 0 Å². The second kappa shape index (κ2) is 7.63. The number of amides is 1. The molecule has 5 heteroatoms. The van der Waals surface area contributed by atoms with E-state index in [-0.39, 0.29) is 17.4 Å². The molecule has 0 radical (unpaired) electrons. The summed E-state index contributed by atoms with van der Waals surface area (Å²) in [6.07, 6.45) is 0. The van der Waals surface area contributed by atoms with Crippen molar-refractivity contribution in [1.29, 1.82) is 0 Å². The van der Waals surface area contributed by atoms with Crippen molar-refractivity contribution in [3.63, 3.8) is 0 Å². The molecule has 17 heavy (non-hydrogen) atoms. The van der Waals surface area contributed by atoms with Crippen molar-refractivity contribution in [2.45, 2.75) is 26.8 Å². The fourth-order valence-electron chi connectivity index (χ4n) is 1.50. The number of likely N-dealkylation sites (N-methyl/N-ethyl adjacent to an activating group) is 1. The molecule has 0 aliphatic carbocycles. The van der Waals surface area contributed by atoms with Gasteiger partial charge in [-0.2, -0.15) is 0 Å². The van der Waals surface area contributed by atoms with E-state index >= 15 is 0 Å². The third kappa shape index (κ3) is 6.61. The normalized spacial score (nSPS) is 13.8. The average molecular weight is 245 g/mol. The van der Waals surface area contributed by atoms with Crippen LogP contribution in [0.1, 0.15) is 20.8 Å². The molecule has 0 aromatic heterocycles. The van der Waals surface area contributed by atoms with Gasteiger partial charge >= 0.3 is 0 Å². The summed E-state index contributed by atoms with van der Waals surface area (Å²) in [7, 11) is 3.56. The minimum Gasteiger partial charge on any atom is -0.383 e. The topological polar surface area (TPSA) is 67.6 Å². The maximum atomic E-state index is 11.8. The quantitative estimate of drug-likeness (QED) is 0.593. The number of nitrogens with one attached hydrogen (secondary N) is 1. The summed E-state index contributed by atoms with van der Waals surface area (Å²) in [5.74, 6) is 0.0253. The van der Waals surface area contributed by atoms with Gasteiger partial charge in [-0.1, -0.05) is 13.8 Å². The molecule has 5 nitrogen and oxygen atoms in total. The van der Waals surface area contributed by atoms with Crippen LogP contribution in [0, 0.1) is 5.41 Å². The Balaban J connectivity index is 4.11. The lowest BCUT2D eigenvalue weighted by atomic mass is 9.93. The minimum absolute atomic E-state index is 0.0236. The number of nitrogens with two attached hydrogens (primary N) is 1. The van der Waals surface area contributed by atoms with Gasteiger partial charge < -0.3 is 15.8 Å².